The highest BCUT2D eigenvalue weighted by Crippen LogP contribution is 2.38. The van der Waals surface area contributed by atoms with Crippen molar-refractivity contribution in [1.29, 1.82) is 0 Å². The number of nitrogens with one attached hydrogen (secondary N) is 1. The Hall–Kier alpha value is -4.66. The van der Waals surface area contributed by atoms with E-state index in [0.29, 0.717) is 11.3 Å². The molecule has 0 spiro atoms. The summed E-state index contributed by atoms with van der Waals surface area (Å²) in [5, 5.41) is 22.1. The SMILES string of the molecule is O=C(O)CNC(=O)c1c(O)c2cccc3c2n(c1=O)C(c1ccc(-c2ccncc2)cc1)CO3. The maximum absolute atomic E-state index is 13.5. The predicted octanol–water partition coefficient (Wildman–Crippen LogP) is 2.57. The smallest absolute Gasteiger partial charge is 0.322 e. The second kappa shape index (κ2) is 8.36. The molecule has 1 unspecified atom stereocenters. The number of nitrogens with zero attached hydrogens (tertiary/aromatic N) is 2. The lowest BCUT2D eigenvalue weighted by Gasteiger charge is -2.29. The number of pyridine rings is 2. The maximum atomic E-state index is 13.5. The van der Waals surface area contributed by atoms with Crippen LogP contribution in [0.2, 0.25) is 0 Å². The molecule has 1 aliphatic heterocycles. The first-order chi connectivity index (χ1) is 16.5. The Kier molecular flexibility index (Phi) is 5.21. The zero-order valence-corrected chi connectivity index (χ0v) is 17.8. The van der Waals surface area contributed by atoms with Crippen molar-refractivity contribution in [3.05, 3.63) is 88.5 Å². The summed E-state index contributed by atoms with van der Waals surface area (Å²) in [6.45, 7) is -0.541. The van der Waals surface area contributed by atoms with Crippen molar-refractivity contribution in [2.75, 3.05) is 13.2 Å². The molecule has 0 fully saturated rings. The number of aliphatic carboxylic acids is 1. The minimum Gasteiger partial charge on any atom is -0.506 e. The van der Waals surface area contributed by atoms with Crippen LogP contribution in [0.1, 0.15) is 22.0 Å². The van der Waals surface area contributed by atoms with Gasteiger partial charge in [0.15, 0.2) is 0 Å². The van der Waals surface area contributed by atoms with Gasteiger partial charge in [0, 0.05) is 17.8 Å². The van der Waals surface area contributed by atoms with Gasteiger partial charge in [-0.2, -0.15) is 0 Å². The summed E-state index contributed by atoms with van der Waals surface area (Å²) in [5.41, 5.74) is 1.87. The number of rotatable bonds is 5. The molecule has 0 radical (unpaired) electrons. The number of carboxylic acid groups (broad SMARTS) is 1. The van der Waals surface area contributed by atoms with Gasteiger partial charge in [-0.3, -0.25) is 23.9 Å². The number of carbonyl (C=O) groups excluding carboxylic acids is 1. The van der Waals surface area contributed by atoms with Gasteiger partial charge in [-0.05, 0) is 41.0 Å². The number of hydrogen-bond acceptors (Lipinski definition) is 6. The molecule has 1 atom stereocenters. The first-order valence-corrected chi connectivity index (χ1v) is 10.5. The molecule has 1 aliphatic rings. The molecule has 170 valence electrons. The van der Waals surface area contributed by atoms with Gasteiger partial charge in [-0.1, -0.05) is 30.3 Å². The van der Waals surface area contributed by atoms with Crippen LogP contribution in [0.15, 0.2) is 71.8 Å². The Balaban J connectivity index is 1.65. The third-order valence-corrected chi connectivity index (χ3v) is 5.81. The minimum absolute atomic E-state index is 0.140. The fraction of sp³-hybridized carbons (Fsp3) is 0.120. The molecule has 0 saturated heterocycles. The Labute approximate surface area is 192 Å². The molecule has 0 aliphatic carbocycles. The van der Waals surface area contributed by atoms with Crippen LogP contribution < -0.4 is 15.6 Å². The number of ether oxygens (including phenoxy) is 1. The Morgan fingerprint density at radius 2 is 1.76 bits per heavy atom. The van der Waals surface area contributed by atoms with E-state index in [1.165, 1.54) is 4.57 Å². The van der Waals surface area contributed by atoms with E-state index in [2.05, 4.69) is 10.3 Å². The molecular weight excluding hydrogens is 438 g/mol. The Morgan fingerprint density at radius 3 is 2.47 bits per heavy atom. The molecule has 1 amide bonds. The number of carboxylic acids is 1. The lowest BCUT2D eigenvalue weighted by atomic mass is 9.99. The molecule has 5 rings (SSSR count). The highest BCUT2D eigenvalue weighted by atomic mass is 16.5. The molecule has 4 aromatic rings. The molecule has 0 saturated carbocycles. The number of carbonyl (C=O) groups is 2. The van der Waals surface area contributed by atoms with Crippen LogP contribution in [0.3, 0.4) is 0 Å². The van der Waals surface area contributed by atoms with Crippen LogP contribution >= 0.6 is 0 Å². The van der Waals surface area contributed by atoms with Crippen molar-refractivity contribution >= 4 is 22.8 Å². The van der Waals surface area contributed by atoms with Crippen LogP contribution in [0.5, 0.6) is 11.5 Å². The first-order valence-electron chi connectivity index (χ1n) is 10.5. The highest BCUT2D eigenvalue weighted by molar-refractivity contribution is 6.04. The number of para-hydroxylation sites is 1. The van der Waals surface area contributed by atoms with Gasteiger partial charge in [0.05, 0.1) is 11.6 Å². The first kappa shape index (κ1) is 21.2. The average molecular weight is 457 g/mol. The second-order valence-electron chi connectivity index (χ2n) is 7.81. The van der Waals surface area contributed by atoms with E-state index in [1.54, 1.807) is 30.6 Å². The van der Waals surface area contributed by atoms with Crippen LogP contribution in [-0.2, 0) is 4.79 Å². The van der Waals surface area contributed by atoms with Crippen LogP contribution in [0, 0.1) is 0 Å². The Bertz CT molecular complexity index is 1480. The fourth-order valence-corrected chi connectivity index (χ4v) is 4.21. The van der Waals surface area contributed by atoms with Gasteiger partial charge < -0.3 is 20.3 Å². The molecule has 2 aromatic heterocycles. The van der Waals surface area contributed by atoms with E-state index in [4.69, 9.17) is 9.84 Å². The summed E-state index contributed by atoms with van der Waals surface area (Å²) < 4.78 is 7.34. The summed E-state index contributed by atoms with van der Waals surface area (Å²) in [7, 11) is 0. The Morgan fingerprint density at radius 1 is 1.06 bits per heavy atom. The van der Waals surface area contributed by atoms with E-state index in [0.717, 1.165) is 16.7 Å². The van der Waals surface area contributed by atoms with Gasteiger partial charge in [-0.15, -0.1) is 0 Å². The maximum Gasteiger partial charge on any atom is 0.322 e. The molecule has 9 heteroatoms. The largest absolute Gasteiger partial charge is 0.506 e. The van der Waals surface area contributed by atoms with Crippen LogP contribution in [-0.4, -0.2) is 44.8 Å². The topological polar surface area (TPSA) is 131 Å². The van der Waals surface area contributed by atoms with Gasteiger partial charge in [0.2, 0.25) is 0 Å². The molecule has 3 N–H and O–H groups in total. The molecule has 0 bridgehead atoms. The quantitative estimate of drug-likeness (QED) is 0.420. The number of amides is 1. The van der Waals surface area contributed by atoms with Gasteiger partial charge in [0.25, 0.3) is 11.5 Å². The zero-order chi connectivity index (χ0) is 23.8. The van der Waals surface area contributed by atoms with E-state index in [-0.39, 0.29) is 12.0 Å². The van der Waals surface area contributed by atoms with Crippen LogP contribution in [0.25, 0.3) is 22.0 Å². The van der Waals surface area contributed by atoms with E-state index in [9.17, 15) is 19.5 Å². The van der Waals surface area contributed by atoms with Crippen molar-refractivity contribution in [3.63, 3.8) is 0 Å². The summed E-state index contributed by atoms with van der Waals surface area (Å²) in [5.74, 6) is -2.33. The van der Waals surface area contributed by atoms with Crippen molar-refractivity contribution in [2.45, 2.75) is 6.04 Å². The third kappa shape index (κ3) is 3.53. The van der Waals surface area contributed by atoms with Gasteiger partial charge in [-0.25, -0.2) is 0 Å². The molecular formula is C25H19N3O6. The lowest BCUT2D eigenvalue weighted by molar-refractivity contribution is -0.135. The van der Waals surface area contributed by atoms with Gasteiger partial charge in [0.1, 0.15) is 30.2 Å². The van der Waals surface area contributed by atoms with Crippen molar-refractivity contribution in [3.8, 4) is 22.6 Å². The number of aromatic nitrogens is 2. The molecule has 2 aromatic carbocycles. The van der Waals surface area contributed by atoms with Crippen molar-refractivity contribution < 1.29 is 24.5 Å². The molecule has 9 nitrogen and oxygen atoms in total. The van der Waals surface area contributed by atoms with Crippen LogP contribution in [0.4, 0.5) is 0 Å². The summed E-state index contributed by atoms with van der Waals surface area (Å²) in [6, 6.07) is 15.7. The summed E-state index contributed by atoms with van der Waals surface area (Å²) in [6.07, 6.45) is 3.41. The molecule has 3 heterocycles. The number of benzene rings is 2. The number of aromatic hydroxyl groups is 1. The number of hydrogen-bond donors (Lipinski definition) is 3. The minimum atomic E-state index is -1.27. The van der Waals surface area contributed by atoms with Gasteiger partial charge >= 0.3 is 5.97 Å². The average Bonchev–Trinajstić information content (AvgIpc) is 2.86. The lowest BCUT2D eigenvalue weighted by Crippen LogP contribution is -2.39. The summed E-state index contributed by atoms with van der Waals surface area (Å²) >= 11 is 0. The van der Waals surface area contributed by atoms with Crippen molar-refractivity contribution in [1.82, 2.24) is 14.9 Å². The van der Waals surface area contributed by atoms with E-state index in [1.807, 2.05) is 36.4 Å². The third-order valence-electron chi connectivity index (χ3n) is 5.81. The molecule has 34 heavy (non-hydrogen) atoms. The highest BCUT2D eigenvalue weighted by Gasteiger charge is 2.31. The van der Waals surface area contributed by atoms with E-state index >= 15 is 0 Å². The standard InChI is InChI=1S/C25H19N3O6/c29-20(30)12-27-24(32)21-23(31)17-2-1-3-19-22(17)28(25(21)33)18(13-34-19)16-6-4-14(5-7-16)15-8-10-26-11-9-15/h1-11,18,31H,12-13H2,(H,27,32)(H,29,30). The van der Waals surface area contributed by atoms with E-state index < -0.39 is 41.3 Å². The summed E-state index contributed by atoms with van der Waals surface area (Å²) in [4.78, 5) is 41.1. The normalized spacial score (nSPS) is 14.4. The second-order valence-corrected chi connectivity index (χ2v) is 7.81. The predicted molar refractivity (Wildman–Crippen MR) is 123 cm³/mol. The monoisotopic (exact) mass is 457 g/mol. The fourth-order valence-electron chi connectivity index (χ4n) is 4.21. The van der Waals surface area contributed by atoms with Crippen molar-refractivity contribution in [2.24, 2.45) is 0 Å². The zero-order valence-electron chi connectivity index (χ0n) is 17.8.